The summed E-state index contributed by atoms with van der Waals surface area (Å²) < 4.78 is 0. The number of benzene rings is 1. The molecule has 19 heavy (non-hydrogen) atoms. The molecule has 0 radical (unpaired) electrons. The highest BCUT2D eigenvalue weighted by Gasteiger charge is 2.25. The van der Waals surface area contributed by atoms with Gasteiger partial charge in [-0.05, 0) is 36.8 Å². The van der Waals surface area contributed by atoms with Crippen LogP contribution in [-0.2, 0) is 6.54 Å². The van der Waals surface area contributed by atoms with Crippen LogP contribution in [0.2, 0.25) is 0 Å². The summed E-state index contributed by atoms with van der Waals surface area (Å²) in [7, 11) is 0. The predicted octanol–water partition coefficient (Wildman–Crippen LogP) is 2.09. The van der Waals surface area contributed by atoms with Gasteiger partial charge in [0.2, 0.25) is 0 Å². The van der Waals surface area contributed by atoms with Crippen LogP contribution in [-0.4, -0.2) is 23.2 Å². The van der Waals surface area contributed by atoms with Crippen molar-refractivity contribution in [2.45, 2.75) is 25.8 Å². The second kappa shape index (κ2) is 6.63. The summed E-state index contributed by atoms with van der Waals surface area (Å²) in [6, 6.07) is 6.62. The van der Waals surface area contributed by atoms with E-state index in [1.54, 1.807) is 12.1 Å². The maximum Gasteiger partial charge on any atom is 0.269 e. The second-order valence-corrected chi connectivity index (χ2v) is 5.19. The van der Waals surface area contributed by atoms with E-state index in [4.69, 9.17) is 0 Å². The molecule has 1 saturated carbocycles. The molecule has 0 heterocycles. The number of aliphatic hydroxyl groups excluding tert-OH is 1. The first-order valence-corrected chi connectivity index (χ1v) is 6.75. The Kier molecular flexibility index (Phi) is 4.87. The summed E-state index contributed by atoms with van der Waals surface area (Å²) >= 11 is 0. The molecule has 2 unspecified atom stereocenters. The maximum absolute atomic E-state index is 10.5. The third-order valence-corrected chi connectivity index (χ3v) is 3.93. The molecule has 1 aliphatic carbocycles. The lowest BCUT2D eigenvalue weighted by molar-refractivity contribution is -0.384. The van der Waals surface area contributed by atoms with Gasteiger partial charge < -0.3 is 10.4 Å². The predicted molar refractivity (Wildman–Crippen MR) is 72.7 cm³/mol. The first-order chi connectivity index (χ1) is 9.20. The Balaban J connectivity index is 1.77. The van der Waals surface area contributed by atoms with Gasteiger partial charge in [0.1, 0.15) is 0 Å². The molecule has 1 fully saturated rings. The van der Waals surface area contributed by atoms with Crippen molar-refractivity contribution in [1.82, 2.24) is 5.32 Å². The molecule has 0 amide bonds. The van der Waals surface area contributed by atoms with Gasteiger partial charge in [-0.15, -0.1) is 0 Å². The number of nitrogens with one attached hydrogen (secondary N) is 1. The Labute approximate surface area is 112 Å². The third kappa shape index (κ3) is 3.75. The summed E-state index contributed by atoms with van der Waals surface area (Å²) in [5, 5.41) is 23.2. The van der Waals surface area contributed by atoms with Crippen molar-refractivity contribution < 1.29 is 10.0 Å². The van der Waals surface area contributed by atoms with E-state index in [1.165, 1.54) is 25.0 Å². The summed E-state index contributed by atoms with van der Waals surface area (Å²) in [5.41, 5.74) is 1.17. The van der Waals surface area contributed by atoms with Crippen LogP contribution in [0.5, 0.6) is 0 Å². The molecule has 1 aliphatic rings. The van der Waals surface area contributed by atoms with Gasteiger partial charge in [0, 0.05) is 25.3 Å². The monoisotopic (exact) mass is 264 g/mol. The summed E-state index contributed by atoms with van der Waals surface area (Å²) in [5.74, 6) is 0.993. The molecular formula is C14H20N2O3. The Morgan fingerprint density at radius 2 is 1.95 bits per heavy atom. The SMILES string of the molecule is O=[N+]([O-])c1ccc(CNCC2CCCC2CO)cc1. The fourth-order valence-electron chi connectivity index (χ4n) is 2.76. The number of nitrogens with zero attached hydrogens (tertiary/aromatic N) is 1. The van der Waals surface area contributed by atoms with E-state index < -0.39 is 0 Å². The molecule has 5 heteroatoms. The number of rotatable bonds is 6. The molecule has 1 aromatic carbocycles. The maximum atomic E-state index is 10.5. The van der Waals surface area contributed by atoms with Crippen molar-refractivity contribution in [2.24, 2.45) is 11.8 Å². The number of hydrogen-bond donors (Lipinski definition) is 2. The molecule has 0 aliphatic heterocycles. The van der Waals surface area contributed by atoms with E-state index in [0.717, 1.165) is 18.5 Å². The van der Waals surface area contributed by atoms with Gasteiger partial charge in [0.05, 0.1) is 4.92 Å². The fraction of sp³-hybridized carbons (Fsp3) is 0.571. The van der Waals surface area contributed by atoms with Gasteiger partial charge in [-0.3, -0.25) is 10.1 Å². The van der Waals surface area contributed by atoms with E-state index in [2.05, 4.69) is 5.32 Å². The van der Waals surface area contributed by atoms with E-state index in [1.807, 2.05) is 0 Å². The van der Waals surface area contributed by atoms with Crippen LogP contribution in [0.1, 0.15) is 24.8 Å². The molecule has 5 nitrogen and oxygen atoms in total. The molecule has 0 saturated heterocycles. The van der Waals surface area contributed by atoms with Gasteiger partial charge >= 0.3 is 0 Å². The summed E-state index contributed by atoms with van der Waals surface area (Å²) in [4.78, 5) is 10.1. The molecular weight excluding hydrogens is 244 g/mol. The second-order valence-electron chi connectivity index (χ2n) is 5.19. The molecule has 2 N–H and O–H groups in total. The quantitative estimate of drug-likeness (QED) is 0.609. The molecule has 0 aromatic heterocycles. The zero-order valence-electron chi connectivity index (χ0n) is 10.9. The Morgan fingerprint density at radius 1 is 1.26 bits per heavy atom. The lowest BCUT2D eigenvalue weighted by atomic mass is 9.97. The largest absolute Gasteiger partial charge is 0.396 e. The van der Waals surface area contributed by atoms with Crippen molar-refractivity contribution in [2.75, 3.05) is 13.2 Å². The summed E-state index contributed by atoms with van der Waals surface area (Å²) in [6.45, 7) is 1.90. The van der Waals surface area contributed by atoms with E-state index >= 15 is 0 Å². The van der Waals surface area contributed by atoms with E-state index in [9.17, 15) is 15.2 Å². The lowest BCUT2D eigenvalue weighted by Crippen LogP contribution is -2.26. The smallest absolute Gasteiger partial charge is 0.269 e. The van der Waals surface area contributed by atoms with Gasteiger partial charge in [0.15, 0.2) is 0 Å². The van der Waals surface area contributed by atoms with E-state index in [-0.39, 0.29) is 17.2 Å². The van der Waals surface area contributed by atoms with Crippen molar-refractivity contribution in [3.05, 3.63) is 39.9 Å². The van der Waals surface area contributed by atoms with Crippen LogP contribution in [0.4, 0.5) is 5.69 Å². The zero-order chi connectivity index (χ0) is 13.7. The molecule has 104 valence electrons. The number of hydrogen-bond acceptors (Lipinski definition) is 4. The number of non-ortho nitro benzene ring substituents is 1. The van der Waals surface area contributed by atoms with Crippen LogP contribution in [0.15, 0.2) is 24.3 Å². The van der Waals surface area contributed by atoms with Crippen LogP contribution in [0, 0.1) is 22.0 Å². The Bertz CT molecular complexity index is 419. The van der Waals surface area contributed by atoms with Crippen LogP contribution in [0.25, 0.3) is 0 Å². The molecule has 0 spiro atoms. The highest BCUT2D eigenvalue weighted by atomic mass is 16.6. The number of aliphatic hydroxyl groups is 1. The van der Waals surface area contributed by atoms with Crippen molar-refractivity contribution >= 4 is 5.69 Å². The summed E-state index contributed by atoms with van der Waals surface area (Å²) in [6.07, 6.45) is 3.51. The van der Waals surface area contributed by atoms with Crippen LogP contribution < -0.4 is 5.32 Å². The normalized spacial score (nSPS) is 22.6. The highest BCUT2D eigenvalue weighted by molar-refractivity contribution is 5.32. The topological polar surface area (TPSA) is 75.4 Å². The van der Waals surface area contributed by atoms with Gasteiger partial charge in [0.25, 0.3) is 5.69 Å². The van der Waals surface area contributed by atoms with Crippen molar-refractivity contribution in [3.63, 3.8) is 0 Å². The Morgan fingerprint density at radius 3 is 2.58 bits per heavy atom. The first kappa shape index (κ1) is 14.0. The standard InChI is InChI=1S/C14H20N2O3/c17-10-13-3-1-2-12(13)9-15-8-11-4-6-14(7-5-11)16(18)19/h4-7,12-13,15,17H,1-3,8-10H2. The Hall–Kier alpha value is -1.46. The van der Waals surface area contributed by atoms with Gasteiger partial charge in [-0.2, -0.15) is 0 Å². The van der Waals surface area contributed by atoms with E-state index in [0.29, 0.717) is 18.4 Å². The lowest BCUT2D eigenvalue weighted by Gasteiger charge is -2.17. The third-order valence-electron chi connectivity index (χ3n) is 3.93. The van der Waals surface area contributed by atoms with Crippen LogP contribution in [0.3, 0.4) is 0 Å². The number of nitro benzene ring substituents is 1. The fourth-order valence-corrected chi connectivity index (χ4v) is 2.76. The van der Waals surface area contributed by atoms with Gasteiger partial charge in [-0.25, -0.2) is 0 Å². The minimum atomic E-state index is -0.387. The minimum absolute atomic E-state index is 0.125. The highest BCUT2D eigenvalue weighted by Crippen LogP contribution is 2.30. The molecule has 2 rings (SSSR count). The zero-order valence-corrected chi connectivity index (χ0v) is 10.9. The average molecular weight is 264 g/mol. The van der Waals surface area contributed by atoms with Crippen molar-refractivity contribution in [1.29, 1.82) is 0 Å². The molecule has 0 bridgehead atoms. The average Bonchev–Trinajstić information content (AvgIpc) is 2.87. The minimum Gasteiger partial charge on any atom is -0.396 e. The van der Waals surface area contributed by atoms with Gasteiger partial charge in [-0.1, -0.05) is 18.6 Å². The van der Waals surface area contributed by atoms with Crippen LogP contribution >= 0.6 is 0 Å². The molecule has 1 aromatic rings. The molecule has 2 atom stereocenters. The first-order valence-electron chi connectivity index (χ1n) is 6.75. The number of nitro groups is 1. The van der Waals surface area contributed by atoms with Crippen molar-refractivity contribution in [3.8, 4) is 0 Å².